The van der Waals surface area contributed by atoms with Crippen LogP contribution in [0, 0.1) is 0 Å². The van der Waals surface area contributed by atoms with Crippen molar-refractivity contribution in [2.24, 2.45) is 0 Å². The van der Waals surface area contributed by atoms with E-state index in [-0.39, 0.29) is 6.67 Å². The highest BCUT2D eigenvalue weighted by molar-refractivity contribution is 5.70. The fraction of sp³-hybridized carbons (Fsp3) is 0.250. The number of halogens is 1. The number of hydrogen-bond acceptors (Lipinski definition) is 2. The zero-order chi connectivity index (χ0) is 16.4. The van der Waals surface area contributed by atoms with E-state index >= 15 is 0 Å². The van der Waals surface area contributed by atoms with Crippen molar-refractivity contribution in [3.05, 3.63) is 72.1 Å². The van der Waals surface area contributed by atoms with E-state index in [2.05, 4.69) is 52.5 Å². The van der Waals surface area contributed by atoms with Crippen molar-refractivity contribution in [1.82, 2.24) is 9.78 Å². The van der Waals surface area contributed by atoms with Gasteiger partial charge in [-0.3, -0.25) is 4.68 Å². The summed E-state index contributed by atoms with van der Waals surface area (Å²) in [7, 11) is 0. The SMILES string of the molecule is FCCn1ccc(CN2CCc3cc(-c4ccccc4)ccc32)n1. The van der Waals surface area contributed by atoms with Crippen molar-refractivity contribution in [3.8, 4) is 11.1 Å². The second-order valence-electron chi connectivity index (χ2n) is 6.14. The Hall–Kier alpha value is -2.62. The molecule has 0 saturated heterocycles. The molecule has 4 heteroatoms. The normalized spacial score (nSPS) is 13.3. The standard InChI is InChI=1S/C20H20FN3/c21-10-13-24-12-9-19(22-24)15-23-11-8-18-14-17(6-7-20(18)23)16-4-2-1-3-5-16/h1-7,9,12,14H,8,10-11,13,15H2. The summed E-state index contributed by atoms with van der Waals surface area (Å²) in [4.78, 5) is 2.35. The molecule has 1 aromatic heterocycles. The third-order valence-electron chi connectivity index (χ3n) is 4.54. The number of aromatic nitrogens is 2. The zero-order valence-electron chi connectivity index (χ0n) is 13.5. The fourth-order valence-electron chi connectivity index (χ4n) is 3.34. The Bertz CT molecular complexity index is 826. The van der Waals surface area contributed by atoms with Crippen molar-refractivity contribution >= 4 is 5.69 Å². The van der Waals surface area contributed by atoms with Crippen LogP contribution in [0.15, 0.2) is 60.8 Å². The van der Waals surface area contributed by atoms with Crippen LogP contribution >= 0.6 is 0 Å². The van der Waals surface area contributed by atoms with Crippen molar-refractivity contribution in [2.45, 2.75) is 19.5 Å². The number of rotatable bonds is 5. The van der Waals surface area contributed by atoms with Crippen LogP contribution in [-0.2, 0) is 19.5 Å². The average molecular weight is 321 g/mol. The molecule has 0 atom stereocenters. The van der Waals surface area contributed by atoms with Crippen molar-refractivity contribution in [2.75, 3.05) is 18.1 Å². The highest BCUT2D eigenvalue weighted by Gasteiger charge is 2.20. The van der Waals surface area contributed by atoms with Crippen LogP contribution in [-0.4, -0.2) is 23.0 Å². The minimum atomic E-state index is -0.379. The van der Waals surface area contributed by atoms with Gasteiger partial charge in [-0.15, -0.1) is 0 Å². The summed E-state index contributed by atoms with van der Waals surface area (Å²) in [5.74, 6) is 0. The quantitative estimate of drug-likeness (QED) is 0.706. The summed E-state index contributed by atoms with van der Waals surface area (Å²) in [6.45, 7) is 1.73. The van der Waals surface area contributed by atoms with E-state index in [4.69, 9.17) is 0 Å². The van der Waals surface area contributed by atoms with E-state index in [1.165, 1.54) is 22.4 Å². The van der Waals surface area contributed by atoms with Crippen LogP contribution in [0.5, 0.6) is 0 Å². The molecule has 0 bridgehead atoms. The van der Waals surface area contributed by atoms with E-state index in [0.717, 1.165) is 25.2 Å². The molecular weight excluding hydrogens is 301 g/mol. The first-order valence-corrected chi connectivity index (χ1v) is 8.35. The van der Waals surface area contributed by atoms with E-state index in [1.54, 1.807) is 4.68 Å². The third kappa shape index (κ3) is 2.92. The predicted molar refractivity (Wildman–Crippen MR) is 94.8 cm³/mol. The molecule has 0 unspecified atom stereocenters. The number of nitrogens with zero attached hydrogens (tertiary/aromatic N) is 3. The van der Waals surface area contributed by atoms with Crippen LogP contribution in [0.4, 0.5) is 10.1 Å². The summed E-state index contributed by atoms with van der Waals surface area (Å²) < 4.78 is 14.1. The van der Waals surface area contributed by atoms with Gasteiger partial charge in [0, 0.05) is 18.4 Å². The number of alkyl halides is 1. The number of hydrogen-bond donors (Lipinski definition) is 0. The largest absolute Gasteiger partial charge is 0.365 e. The van der Waals surface area contributed by atoms with E-state index < -0.39 is 0 Å². The van der Waals surface area contributed by atoms with Gasteiger partial charge in [0.25, 0.3) is 0 Å². The van der Waals surface area contributed by atoms with Crippen LogP contribution in [0.25, 0.3) is 11.1 Å². The Balaban J connectivity index is 1.53. The lowest BCUT2D eigenvalue weighted by Crippen LogP contribution is -2.20. The zero-order valence-corrected chi connectivity index (χ0v) is 13.5. The highest BCUT2D eigenvalue weighted by Crippen LogP contribution is 2.33. The number of aryl methyl sites for hydroxylation is 1. The molecule has 3 aromatic rings. The molecule has 2 heterocycles. The molecule has 0 saturated carbocycles. The lowest BCUT2D eigenvalue weighted by atomic mass is 10.0. The topological polar surface area (TPSA) is 21.1 Å². The maximum Gasteiger partial charge on any atom is 0.109 e. The van der Waals surface area contributed by atoms with Gasteiger partial charge in [-0.1, -0.05) is 36.4 Å². The molecule has 0 aliphatic carbocycles. The van der Waals surface area contributed by atoms with E-state index in [0.29, 0.717) is 6.54 Å². The smallest absolute Gasteiger partial charge is 0.109 e. The molecule has 122 valence electrons. The van der Waals surface area contributed by atoms with Gasteiger partial charge < -0.3 is 4.90 Å². The summed E-state index contributed by atoms with van der Waals surface area (Å²) in [5.41, 5.74) is 6.19. The Morgan fingerprint density at radius 3 is 2.71 bits per heavy atom. The molecule has 1 aliphatic heterocycles. The molecule has 0 spiro atoms. The third-order valence-corrected chi connectivity index (χ3v) is 4.54. The van der Waals surface area contributed by atoms with Gasteiger partial charge in [0.05, 0.1) is 18.8 Å². The number of anilines is 1. The van der Waals surface area contributed by atoms with Gasteiger partial charge in [-0.05, 0) is 41.3 Å². The summed E-state index contributed by atoms with van der Waals surface area (Å²) in [5, 5.41) is 4.44. The van der Waals surface area contributed by atoms with Gasteiger partial charge in [0.2, 0.25) is 0 Å². The van der Waals surface area contributed by atoms with Crippen molar-refractivity contribution in [3.63, 3.8) is 0 Å². The maximum atomic E-state index is 12.4. The summed E-state index contributed by atoms with van der Waals surface area (Å²) >= 11 is 0. The second kappa shape index (κ2) is 6.48. The first kappa shape index (κ1) is 14.9. The molecule has 1 aliphatic rings. The van der Waals surface area contributed by atoms with Gasteiger partial charge in [0.1, 0.15) is 6.67 Å². The molecule has 0 fully saturated rings. The minimum absolute atomic E-state index is 0.330. The first-order valence-electron chi connectivity index (χ1n) is 8.35. The highest BCUT2D eigenvalue weighted by atomic mass is 19.1. The number of fused-ring (bicyclic) bond motifs is 1. The van der Waals surface area contributed by atoms with Crippen molar-refractivity contribution in [1.29, 1.82) is 0 Å². The Morgan fingerprint density at radius 1 is 1.00 bits per heavy atom. The van der Waals surface area contributed by atoms with E-state index in [9.17, 15) is 4.39 Å². The summed E-state index contributed by atoms with van der Waals surface area (Å²) in [6.07, 6.45) is 2.91. The average Bonchev–Trinajstić information content (AvgIpc) is 3.23. The summed E-state index contributed by atoms with van der Waals surface area (Å²) in [6, 6.07) is 19.2. The van der Waals surface area contributed by atoms with Gasteiger partial charge in [-0.25, -0.2) is 4.39 Å². The molecule has 4 rings (SSSR count). The Kier molecular flexibility index (Phi) is 4.03. The molecule has 0 radical (unpaired) electrons. The molecule has 3 nitrogen and oxygen atoms in total. The Morgan fingerprint density at radius 2 is 1.88 bits per heavy atom. The Labute approximate surface area is 141 Å². The first-order chi connectivity index (χ1) is 11.8. The molecule has 0 amide bonds. The second-order valence-corrected chi connectivity index (χ2v) is 6.14. The van der Waals surface area contributed by atoms with Crippen LogP contribution < -0.4 is 4.90 Å². The van der Waals surface area contributed by atoms with Gasteiger partial charge in [0.15, 0.2) is 0 Å². The van der Waals surface area contributed by atoms with Crippen LogP contribution in [0.3, 0.4) is 0 Å². The lowest BCUT2D eigenvalue weighted by Gasteiger charge is -2.18. The fourth-order valence-corrected chi connectivity index (χ4v) is 3.34. The monoisotopic (exact) mass is 321 g/mol. The molecule has 24 heavy (non-hydrogen) atoms. The maximum absolute atomic E-state index is 12.4. The lowest BCUT2D eigenvalue weighted by molar-refractivity contribution is 0.425. The van der Waals surface area contributed by atoms with E-state index in [1.807, 2.05) is 18.3 Å². The molecule has 2 aromatic carbocycles. The van der Waals surface area contributed by atoms with Gasteiger partial charge in [-0.2, -0.15) is 5.10 Å². The van der Waals surface area contributed by atoms with Gasteiger partial charge >= 0.3 is 0 Å². The minimum Gasteiger partial charge on any atom is -0.365 e. The van der Waals surface area contributed by atoms with Crippen molar-refractivity contribution < 1.29 is 4.39 Å². The number of benzene rings is 2. The predicted octanol–water partition coefficient (Wildman–Crippen LogP) is 4.08. The molecular formula is C20H20FN3. The van der Waals surface area contributed by atoms with Crippen LogP contribution in [0.2, 0.25) is 0 Å². The van der Waals surface area contributed by atoms with Crippen LogP contribution in [0.1, 0.15) is 11.3 Å². The molecule has 0 N–H and O–H groups in total.